The molecule has 5 nitrogen and oxygen atoms in total. The lowest BCUT2D eigenvalue weighted by molar-refractivity contribution is -0.134. The Kier molecular flexibility index (Phi) is 5.40. The van der Waals surface area contributed by atoms with Crippen molar-refractivity contribution in [2.75, 3.05) is 18.4 Å². The van der Waals surface area contributed by atoms with Gasteiger partial charge in [0.25, 0.3) is 0 Å². The number of hydrogen-bond acceptors (Lipinski definition) is 4. The topological polar surface area (TPSA) is 62.3 Å². The zero-order valence-corrected chi connectivity index (χ0v) is 17.1. The van der Waals surface area contributed by atoms with Crippen LogP contribution in [0.4, 0.5) is 5.82 Å². The fourth-order valence-corrected chi connectivity index (χ4v) is 5.21. The molecule has 2 atom stereocenters. The van der Waals surface area contributed by atoms with Crippen LogP contribution in [0, 0.1) is 19.8 Å². The third-order valence-corrected chi connectivity index (χ3v) is 6.73. The Labute approximate surface area is 169 Å². The Morgan fingerprint density at radius 2 is 2.00 bits per heavy atom. The van der Waals surface area contributed by atoms with Crippen LogP contribution in [0.15, 0.2) is 41.4 Å². The predicted octanol–water partition coefficient (Wildman–Crippen LogP) is 3.59. The summed E-state index contributed by atoms with van der Waals surface area (Å²) in [6.45, 7) is 5.26. The van der Waals surface area contributed by atoms with Gasteiger partial charge in [0, 0.05) is 24.2 Å². The van der Waals surface area contributed by atoms with Gasteiger partial charge in [-0.25, -0.2) is 4.98 Å². The van der Waals surface area contributed by atoms with Crippen molar-refractivity contribution in [1.82, 2.24) is 9.88 Å². The van der Waals surface area contributed by atoms with E-state index in [9.17, 15) is 9.59 Å². The number of benzene rings is 1. The minimum Gasteiger partial charge on any atom is -0.341 e. The van der Waals surface area contributed by atoms with Gasteiger partial charge in [-0.1, -0.05) is 23.8 Å². The molecule has 2 aromatic rings. The monoisotopic (exact) mass is 395 g/mol. The number of rotatable bonds is 3. The fraction of sp³-hybridized carbons (Fsp3) is 0.409. The molecule has 6 heteroatoms. The number of pyridine rings is 1. The first-order chi connectivity index (χ1) is 13.5. The average molecular weight is 396 g/mol. The number of nitrogens with one attached hydrogen (secondary N) is 1. The molecule has 2 aliphatic heterocycles. The van der Waals surface area contributed by atoms with Crippen molar-refractivity contribution in [3.63, 3.8) is 0 Å². The van der Waals surface area contributed by atoms with E-state index in [2.05, 4.69) is 35.4 Å². The number of thioether (sulfide) groups is 1. The molecule has 0 bridgehead atoms. The number of amides is 2. The second kappa shape index (κ2) is 7.95. The molecule has 146 valence electrons. The highest BCUT2D eigenvalue weighted by molar-refractivity contribution is 8.01. The van der Waals surface area contributed by atoms with Crippen molar-refractivity contribution < 1.29 is 9.59 Å². The number of nitrogens with zero attached hydrogens (tertiary/aromatic N) is 2. The molecule has 4 rings (SSSR count). The molecule has 1 aromatic heterocycles. The molecule has 1 saturated heterocycles. The molecule has 3 heterocycles. The maximum Gasteiger partial charge on any atom is 0.236 e. The maximum absolute atomic E-state index is 13.1. The van der Waals surface area contributed by atoms with Gasteiger partial charge < -0.3 is 10.2 Å². The van der Waals surface area contributed by atoms with E-state index in [4.69, 9.17) is 0 Å². The summed E-state index contributed by atoms with van der Waals surface area (Å²) in [6, 6.07) is 10.1. The van der Waals surface area contributed by atoms with E-state index < -0.39 is 0 Å². The summed E-state index contributed by atoms with van der Waals surface area (Å²) in [5, 5.41) is 2.82. The highest BCUT2D eigenvalue weighted by Gasteiger charge is 2.35. The van der Waals surface area contributed by atoms with Gasteiger partial charge in [-0.05, 0) is 56.4 Å². The van der Waals surface area contributed by atoms with Crippen molar-refractivity contribution >= 4 is 29.4 Å². The Morgan fingerprint density at radius 1 is 1.18 bits per heavy atom. The largest absolute Gasteiger partial charge is 0.341 e. The SMILES string of the molecule is Cc1ccc(NC(=O)[C@H]2CCCN(C(=O)[C@@H]3Cc4ccc(C)cc4S3)C2)nc1. The van der Waals surface area contributed by atoms with E-state index in [1.165, 1.54) is 16.0 Å². The van der Waals surface area contributed by atoms with Crippen LogP contribution in [0.2, 0.25) is 0 Å². The van der Waals surface area contributed by atoms with Crippen molar-refractivity contribution in [2.24, 2.45) is 5.92 Å². The Balaban J connectivity index is 1.37. The average Bonchev–Trinajstić information content (AvgIpc) is 3.12. The molecule has 1 aromatic carbocycles. The number of piperidine rings is 1. The Bertz CT molecular complexity index is 897. The van der Waals surface area contributed by atoms with Crippen molar-refractivity contribution in [3.8, 4) is 0 Å². The highest BCUT2D eigenvalue weighted by Crippen LogP contribution is 2.38. The van der Waals surface area contributed by atoms with Crippen LogP contribution in [0.25, 0.3) is 0 Å². The van der Waals surface area contributed by atoms with Gasteiger partial charge in [-0.3, -0.25) is 9.59 Å². The molecule has 2 amide bonds. The van der Waals surface area contributed by atoms with Gasteiger partial charge in [0.05, 0.1) is 11.2 Å². The third kappa shape index (κ3) is 4.07. The van der Waals surface area contributed by atoms with Crippen molar-refractivity contribution in [2.45, 2.75) is 43.3 Å². The second-order valence-corrected chi connectivity index (χ2v) is 9.00. The van der Waals surface area contributed by atoms with E-state index in [1.54, 1.807) is 18.0 Å². The van der Waals surface area contributed by atoms with Crippen LogP contribution in [0.1, 0.15) is 29.5 Å². The molecule has 0 aliphatic carbocycles. The summed E-state index contributed by atoms with van der Waals surface area (Å²) >= 11 is 1.66. The number of aryl methyl sites for hydroxylation is 2. The molecule has 0 radical (unpaired) electrons. The number of carbonyl (C=O) groups is 2. The number of aromatic nitrogens is 1. The number of carbonyl (C=O) groups excluding carboxylic acids is 2. The van der Waals surface area contributed by atoms with E-state index >= 15 is 0 Å². The standard InChI is InChI=1S/C22H25N3O2S/c1-14-5-7-16-11-19(28-18(16)10-14)22(27)25-9-3-4-17(13-25)21(26)24-20-8-6-15(2)12-23-20/h5-8,10,12,17,19H,3-4,9,11,13H2,1-2H3,(H,23,24,26)/t17-,19-/m0/s1. The summed E-state index contributed by atoms with van der Waals surface area (Å²) < 4.78 is 0. The first-order valence-corrected chi connectivity index (χ1v) is 10.7. The first kappa shape index (κ1) is 19.0. The van der Waals surface area contributed by atoms with Gasteiger partial charge in [-0.2, -0.15) is 0 Å². The number of likely N-dealkylation sites (tertiary alicyclic amines) is 1. The van der Waals surface area contributed by atoms with E-state index in [0.717, 1.165) is 31.4 Å². The van der Waals surface area contributed by atoms with E-state index in [-0.39, 0.29) is 23.0 Å². The maximum atomic E-state index is 13.1. The van der Waals surface area contributed by atoms with Crippen LogP contribution in [-0.4, -0.2) is 40.0 Å². The molecule has 0 saturated carbocycles. The number of fused-ring (bicyclic) bond motifs is 1. The Morgan fingerprint density at radius 3 is 2.79 bits per heavy atom. The highest BCUT2D eigenvalue weighted by atomic mass is 32.2. The smallest absolute Gasteiger partial charge is 0.236 e. The first-order valence-electron chi connectivity index (χ1n) is 9.78. The van der Waals surface area contributed by atoms with E-state index in [0.29, 0.717) is 12.4 Å². The lowest BCUT2D eigenvalue weighted by Gasteiger charge is -2.33. The normalized spacial score (nSPS) is 21.3. The fourth-order valence-electron chi connectivity index (χ4n) is 3.84. The second-order valence-electron chi connectivity index (χ2n) is 7.76. The number of anilines is 1. The van der Waals surface area contributed by atoms with Crippen molar-refractivity contribution in [3.05, 3.63) is 53.2 Å². The van der Waals surface area contributed by atoms with Gasteiger partial charge in [0.2, 0.25) is 11.8 Å². The van der Waals surface area contributed by atoms with E-state index in [1.807, 2.05) is 24.0 Å². The lowest BCUT2D eigenvalue weighted by Crippen LogP contribution is -2.46. The minimum absolute atomic E-state index is 0.0492. The van der Waals surface area contributed by atoms with Gasteiger partial charge in [0.15, 0.2) is 0 Å². The molecule has 2 aliphatic rings. The van der Waals surface area contributed by atoms with Gasteiger partial charge in [-0.15, -0.1) is 11.8 Å². The van der Waals surface area contributed by atoms with Crippen LogP contribution in [0.5, 0.6) is 0 Å². The lowest BCUT2D eigenvalue weighted by atomic mass is 9.96. The zero-order valence-electron chi connectivity index (χ0n) is 16.3. The van der Waals surface area contributed by atoms with Crippen LogP contribution < -0.4 is 5.32 Å². The molecular formula is C22H25N3O2S. The quantitative estimate of drug-likeness (QED) is 0.863. The molecule has 1 N–H and O–H groups in total. The third-order valence-electron chi connectivity index (χ3n) is 5.44. The zero-order chi connectivity index (χ0) is 19.7. The van der Waals surface area contributed by atoms with Crippen LogP contribution >= 0.6 is 11.8 Å². The molecule has 0 unspecified atom stereocenters. The summed E-state index contributed by atoms with van der Waals surface area (Å²) in [7, 11) is 0. The van der Waals surface area contributed by atoms with Crippen LogP contribution in [0.3, 0.4) is 0 Å². The van der Waals surface area contributed by atoms with Crippen molar-refractivity contribution in [1.29, 1.82) is 0 Å². The summed E-state index contributed by atoms with van der Waals surface area (Å²) in [5.74, 6) is 0.490. The van der Waals surface area contributed by atoms with Crippen LogP contribution in [-0.2, 0) is 16.0 Å². The number of hydrogen-bond donors (Lipinski definition) is 1. The minimum atomic E-state index is -0.183. The summed E-state index contributed by atoms with van der Waals surface area (Å²) in [6.07, 6.45) is 4.18. The molecule has 0 spiro atoms. The summed E-state index contributed by atoms with van der Waals surface area (Å²) in [5.41, 5.74) is 3.53. The molecule has 28 heavy (non-hydrogen) atoms. The van der Waals surface area contributed by atoms with Gasteiger partial charge >= 0.3 is 0 Å². The predicted molar refractivity (Wildman–Crippen MR) is 111 cm³/mol. The molecule has 1 fully saturated rings. The molecular weight excluding hydrogens is 370 g/mol. The Hall–Kier alpha value is -2.34. The van der Waals surface area contributed by atoms with Gasteiger partial charge in [0.1, 0.15) is 5.82 Å². The summed E-state index contributed by atoms with van der Waals surface area (Å²) in [4.78, 5) is 33.1.